The predicted octanol–water partition coefficient (Wildman–Crippen LogP) is 9.08. The fourth-order valence-electron chi connectivity index (χ4n) is 3.67. The van der Waals surface area contributed by atoms with Crippen LogP contribution in [0.2, 0.25) is 0 Å². The lowest BCUT2D eigenvalue weighted by atomic mass is 10.00. The van der Waals surface area contributed by atoms with E-state index >= 15 is 0 Å². The van der Waals surface area contributed by atoms with Crippen molar-refractivity contribution in [2.75, 3.05) is 0 Å². The lowest BCUT2D eigenvalue weighted by molar-refractivity contribution is 0.625. The van der Waals surface area contributed by atoms with Crippen molar-refractivity contribution in [2.45, 2.75) is 27.7 Å². The highest BCUT2D eigenvalue weighted by Gasteiger charge is 2.23. The summed E-state index contributed by atoms with van der Waals surface area (Å²) in [6.07, 6.45) is 0. The summed E-state index contributed by atoms with van der Waals surface area (Å²) < 4.78 is 30.7. The maximum absolute atomic E-state index is 14.2. The second kappa shape index (κ2) is 6.46. The number of thiophene rings is 4. The number of halogens is 2. The van der Waals surface area contributed by atoms with Gasteiger partial charge in [-0.15, -0.1) is 45.3 Å². The number of rotatable bonds is 2. The maximum atomic E-state index is 14.2. The highest BCUT2D eigenvalue weighted by atomic mass is 32.1. The fourth-order valence-corrected chi connectivity index (χ4v) is 7.91. The smallest absolute Gasteiger partial charge is 0.137 e. The summed E-state index contributed by atoms with van der Waals surface area (Å²) >= 11 is 6.47. The summed E-state index contributed by atoms with van der Waals surface area (Å²) in [5.74, 6) is -0.303. The van der Waals surface area contributed by atoms with E-state index in [-0.39, 0.29) is 11.6 Å². The van der Waals surface area contributed by atoms with Crippen molar-refractivity contribution in [1.29, 1.82) is 0 Å². The van der Waals surface area contributed by atoms with E-state index in [9.17, 15) is 8.78 Å². The third-order valence-electron chi connectivity index (χ3n) is 4.91. The van der Waals surface area contributed by atoms with E-state index in [0.717, 1.165) is 41.1 Å². The molecule has 4 aromatic heterocycles. The van der Waals surface area contributed by atoms with Gasteiger partial charge in [-0.05, 0) is 52.0 Å². The summed E-state index contributed by atoms with van der Waals surface area (Å²) in [5, 5.41) is 2.28. The Morgan fingerprint density at radius 1 is 0.571 bits per heavy atom. The zero-order valence-corrected chi connectivity index (χ0v) is 19.0. The van der Waals surface area contributed by atoms with Gasteiger partial charge in [0.15, 0.2) is 0 Å². The van der Waals surface area contributed by atoms with Crippen LogP contribution in [0.1, 0.15) is 19.5 Å². The van der Waals surface area contributed by atoms with Crippen LogP contribution in [-0.2, 0) is 0 Å². The molecular formula is C22H16F2S4. The molecule has 142 valence electrons. The average molecular weight is 447 g/mol. The van der Waals surface area contributed by atoms with Gasteiger partial charge in [-0.1, -0.05) is 0 Å². The van der Waals surface area contributed by atoms with Crippen molar-refractivity contribution in [3.63, 3.8) is 0 Å². The minimum absolute atomic E-state index is 0.151. The van der Waals surface area contributed by atoms with Crippen molar-refractivity contribution >= 4 is 65.5 Å². The Balaban J connectivity index is 1.98. The van der Waals surface area contributed by atoms with Gasteiger partial charge in [-0.3, -0.25) is 0 Å². The number of hydrogen-bond acceptors (Lipinski definition) is 4. The first-order valence-electron chi connectivity index (χ1n) is 8.82. The Morgan fingerprint density at radius 3 is 1.29 bits per heavy atom. The predicted molar refractivity (Wildman–Crippen MR) is 123 cm³/mol. The lowest BCUT2D eigenvalue weighted by Gasteiger charge is -2.09. The van der Waals surface area contributed by atoms with Crippen LogP contribution < -0.4 is 0 Å². The summed E-state index contributed by atoms with van der Waals surface area (Å²) in [7, 11) is 0. The molecule has 0 spiro atoms. The molecule has 0 amide bonds. The van der Waals surface area contributed by atoms with Crippen LogP contribution in [0.15, 0.2) is 24.3 Å². The summed E-state index contributed by atoms with van der Waals surface area (Å²) in [6, 6.07) is 7.70. The molecule has 0 aliphatic carbocycles. The van der Waals surface area contributed by atoms with Gasteiger partial charge in [0.25, 0.3) is 0 Å². The van der Waals surface area contributed by atoms with Gasteiger partial charge in [0, 0.05) is 60.6 Å². The molecular weight excluding hydrogens is 431 g/mol. The number of fused-ring (bicyclic) bond motifs is 2. The minimum atomic E-state index is -0.151. The molecule has 0 unspecified atom stereocenters. The molecule has 0 saturated heterocycles. The van der Waals surface area contributed by atoms with Crippen LogP contribution >= 0.6 is 45.3 Å². The topological polar surface area (TPSA) is 0 Å². The van der Waals surface area contributed by atoms with Gasteiger partial charge in [0.1, 0.15) is 11.6 Å². The molecule has 5 rings (SSSR count). The molecule has 0 atom stereocenters. The van der Waals surface area contributed by atoms with Crippen molar-refractivity contribution in [1.82, 2.24) is 0 Å². The van der Waals surface area contributed by atoms with Gasteiger partial charge < -0.3 is 0 Å². The van der Waals surface area contributed by atoms with E-state index in [0.29, 0.717) is 9.75 Å². The molecule has 0 saturated carbocycles. The van der Waals surface area contributed by atoms with Crippen molar-refractivity contribution < 1.29 is 8.78 Å². The Bertz CT molecular complexity index is 1180. The van der Waals surface area contributed by atoms with Crippen LogP contribution in [0.25, 0.3) is 41.1 Å². The van der Waals surface area contributed by atoms with E-state index in [1.54, 1.807) is 34.8 Å². The quantitative estimate of drug-likeness (QED) is 0.254. The Labute approximate surface area is 177 Å². The van der Waals surface area contributed by atoms with Crippen molar-refractivity contribution in [2.24, 2.45) is 0 Å². The molecule has 1 aromatic carbocycles. The van der Waals surface area contributed by atoms with Crippen molar-refractivity contribution in [3.8, 4) is 20.9 Å². The lowest BCUT2D eigenvalue weighted by Crippen LogP contribution is -1.81. The Hall–Kier alpha value is -1.60. The SMILES string of the molecule is Cc1cc2c(-c3cc(F)c(C)s3)c3sc(C)cc3c(-c3cc(F)c(C)s3)c2s1. The van der Waals surface area contributed by atoms with Crippen LogP contribution in [0, 0.1) is 39.3 Å². The second-order valence-corrected chi connectivity index (χ2v) is 12.0. The third kappa shape index (κ3) is 2.70. The van der Waals surface area contributed by atoms with E-state index in [1.165, 1.54) is 32.4 Å². The van der Waals surface area contributed by atoms with E-state index < -0.39 is 0 Å². The van der Waals surface area contributed by atoms with Gasteiger partial charge >= 0.3 is 0 Å². The summed E-state index contributed by atoms with van der Waals surface area (Å²) in [4.78, 5) is 5.74. The molecule has 0 bridgehead atoms. The van der Waals surface area contributed by atoms with Crippen LogP contribution in [-0.4, -0.2) is 0 Å². The molecule has 6 heteroatoms. The molecule has 5 aromatic rings. The molecule has 0 aliphatic heterocycles. The average Bonchev–Trinajstić information content (AvgIpc) is 3.34. The largest absolute Gasteiger partial charge is 0.206 e. The van der Waals surface area contributed by atoms with E-state index in [4.69, 9.17) is 0 Å². The highest BCUT2D eigenvalue weighted by molar-refractivity contribution is 7.23. The van der Waals surface area contributed by atoms with E-state index in [1.807, 2.05) is 13.8 Å². The molecule has 4 heterocycles. The van der Waals surface area contributed by atoms with Crippen LogP contribution in [0.4, 0.5) is 8.78 Å². The summed E-state index contributed by atoms with van der Waals surface area (Å²) in [5.41, 5.74) is 2.23. The van der Waals surface area contributed by atoms with Gasteiger partial charge in [0.2, 0.25) is 0 Å². The highest BCUT2D eigenvalue weighted by Crippen LogP contribution is 2.51. The second-order valence-electron chi connectivity index (χ2n) is 6.98. The number of aryl methyl sites for hydroxylation is 4. The van der Waals surface area contributed by atoms with E-state index in [2.05, 4.69) is 26.0 Å². The molecule has 0 N–H and O–H groups in total. The Morgan fingerprint density at radius 2 is 0.964 bits per heavy atom. The van der Waals surface area contributed by atoms with Crippen LogP contribution in [0.3, 0.4) is 0 Å². The fraction of sp³-hybridized carbons (Fsp3) is 0.182. The van der Waals surface area contributed by atoms with Gasteiger partial charge in [0.05, 0.1) is 0 Å². The first-order valence-corrected chi connectivity index (χ1v) is 12.1. The monoisotopic (exact) mass is 446 g/mol. The first-order chi connectivity index (χ1) is 13.3. The normalized spacial score (nSPS) is 11.9. The third-order valence-corrected chi connectivity index (χ3v) is 9.13. The number of benzene rings is 1. The molecule has 0 nitrogen and oxygen atoms in total. The molecule has 0 fully saturated rings. The maximum Gasteiger partial charge on any atom is 0.137 e. The van der Waals surface area contributed by atoms with Gasteiger partial charge in [-0.25, -0.2) is 8.78 Å². The van der Waals surface area contributed by atoms with Gasteiger partial charge in [-0.2, -0.15) is 0 Å². The Kier molecular flexibility index (Phi) is 4.25. The molecule has 0 radical (unpaired) electrons. The zero-order valence-electron chi connectivity index (χ0n) is 15.7. The molecule has 28 heavy (non-hydrogen) atoms. The standard InChI is InChI=1S/C22H16F2S4/c1-9-5-13-19(17-7-15(23)11(3)27-17)22-14(6-10(2)26-22)20(21(13)25-9)18-8-16(24)12(4)28-18/h5-8H,1-4H3. The molecule has 0 aliphatic rings. The van der Waals surface area contributed by atoms with Crippen molar-refractivity contribution in [3.05, 3.63) is 55.4 Å². The zero-order chi connectivity index (χ0) is 19.7. The van der Waals surface area contributed by atoms with Crippen LogP contribution in [0.5, 0.6) is 0 Å². The first kappa shape index (κ1) is 18.4. The minimum Gasteiger partial charge on any atom is -0.206 e. The number of hydrogen-bond donors (Lipinski definition) is 0. The summed E-state index contributed by atoms with van der Waals surface area (Å²) in [6.45, 7) is 7.83.